The summed E-state index contributed by atoms with van der Waals surface area (Å²) in [5, 5.41) is 0. The fourth-order valence-electron chi connectivity index (χ4n) is 2.70. The molecule has 22 heavy (non-hydrogen) atoms. The predicted octanol–water partition coefficient (Wildman–Crippen LogP) is 1.93. The lowest BCUT2D eigenvalue weighted by Crippen LogP contribution is -2.38. The SMILES string of the molecule is CCOC(=O)c1cc(S(=O)(=O)N2CCC(C)CC2)c(C)n1C. The minimum Gasteiger partial charge on any atom is -0.461 e. The monoisotopic (exact) mass is 328 g/mol. The molecular weight excluding hydrogens is 304 g/mol. The number of rotatable bonds is 4. The molecule has 0 atom stereocenters. The van der Waals surface area contributed by atoms with E-state index >= 15 is 0 Å². The Balaban J connectivity index is 2.36. The molecule has 1 saturated heterocycles. The lowest BCUT2D eigenvalue weighted by molar-refractivity contribution is 0.0515. The largest absolute Gasteiger partial charge is 0.461 e. The highest BCUT2D eigenvalue weighted by Gasteiger charge is 2.32. The van der Waals surface area contributed by atoms with E-state index in [4.69, 9.17) is 4.74 Å². The predicted molar refractivity (Wildman–Crippen MR) is 83.3 cm³/mol. The normalized spacial score (nSPS) is 17.6. The van der Waals surface area contributed by atoms with Crippen molar-refractivity contribution in [1.82, 2.24) is 8.87 Å². The van der Waals surface area contributed by atoms with Gasteiger partial charge in [-0.05, 0) is 38.7 Å². The minimum atomic E-state index is -3.56. The molecule has 0 spiro atoms. The van der Waals surface area contributed by atoms with Crippen LogP contribution < -0.4 is 0 Å². The number of aromatic nitrogens is 1. The molecule has 0 aliphatic carbocycles. The molecule has 0 amide bonds. The maximum absolute atomic E-state index is 12.8. The minimum absolute atomic E-state index is 0.201. The molecule has 0 aromatic carbocycles. The van der Waals surface area contributed by atoms with Crippen LogP contribution in [0, 0.1) is 12.8 Å². The molecule has 1 fully saturated rings. The summed E-state index contributed by atoms with van der Waals surface area (Å²) in [6, 6.07) is 1.43. The van der Waals surface area contributed by atoms with Gasteiger partial charge >= 0.3 is 5.97 Å². The van der Waals surface area contributed by atoms with Gasteiger partial charge in [0.05, 0.1) is 6.61 Å². The standard InChI is InChI=1S/C15H24N2O4S/c1-5-21-15(18)13-10-14(12(3)16(13)4)22(19,20)17-8-6-11(2)7-9-17/h10-11H,5-9H2,1-4H3. The smallest absolute Gasteiger partial charge is 0.354 e. The average molecular weight is 328 g/mol. The first kappa shape index (κ1) is 17.0. The highest BCUT2D eigenvalue weighted by Crippen LogP contribution is 2.27. The van der Waals surface area contributed by atoms with Crippen LogP contribution in [0.15, 0.2) is 11.0 Å². The van der Waals surface area contributed by atoms with Gasteiger partial charge in [-0.1, -0.05) is 6.92 Å². The van der Waals surface area contributed by atoms with Crippen LogP contribution >= 0.6 is 0 Å². The van der Waals surface area contributed by atoms with E-state index in [0.717, 1.165) is 12.8 Å². The molecule has 1 aromatic heterocycles. The van der Waals surface area contributed by atoms with Gasteiger partial charge in [-0.15, -0.1) is 0 Å². The van der Waals surface area contributed by atoms with E-state index in [-0.39, 0.29) is 17.2 Å². The second kappa shape index (κ2) is 6.42. The average Bonchev–Trinajstić information content (AvgIpc) is 2.77. The molecule has 0 unspecified atom stereocenters. The van der Waals surface area contributed by atoms with Crippen molar-refractivity contribution in [2.45, 2.75) is 38.5 Å². The van der Waals surface area contributed by atoms with Crippen LogP contribution in [-0.2, 0) is 21.8 Å². The summed E-state index contributed by atoms with van der Waals surface area (Å²) in [6.45, 7) is 6.90. The summed E-state index contributed by atoms with van der Waals surface area (Å²) < 4.78 is 33.7. The van der Waals surface area contributed by atoms with Crippen molar-refractivity contribution in [1.29, 1.82) is 0 Å². The molecule has 1 aliphatic rings. The zero-order valence-corrected chi connectivity index (χ0v) is 14.4. The fourth-order valence-corrected chi connectivity index (χ4v) is 4.44. The van der Waals surface area contributed by atoms with Gasteiger partial charge in [-0.25, -0.2) is 13.2 Å². The fraction of sp³-hybridized carbons (Fsp3) is 0.667. The first-order valence-corrected chi connectivity index (χ1v) is 9.06. The number of ether oxygens (including phenoxy) is 1. The van der Waals surface area contributed by atoms with Crippen molar-refractivity contribution in [3.8, 4) is 0 Å². The zero-order valence-electron chi connectivity index (χ0n) is 13.6. The van der Waals surface area contributed by atoms with Gasteiger partial charge in [-0.2, -0.15) is 4.31 Å². The molecule has 1 aliphatic heterocycles. The molecule has 124 valence electrons. The zero-order chi connectivity index (χ0) is 16.5. The van der Waals surface area contributed by atoms with Crippen molar-refractivity contribution in [3.05, 3.63) is 17.5 Å². The van der Waals surface area contributed by atoms with E-state index in [0.29, 0.717) is 24.7 Å². The number of carbonyl (C=O) groups is 1. The molecule has 0 bridgehead atoms. The number of esters is 1. The van der Waals surface area contributed by atoms with Crippen LogP contribution in [0.3, 0.4) is 0 Å². The summed E-state index contributed by atoms with van der Waals surface area (Å²) in [5.41, 5.74) is 0.824. The van der Waals surface area contributed by atoms with Crippen molar-refractivity contribution in [2.75, 3.05) is 19.7 Å². The van der Waals surface area contributed by atoms with E-state index in [1.165, 1.54) is 10.4 Å². The Bertz CT molecular complexity index is 655. The van der Waals surface area contributed by atoms with Crippen molar-refractivity contribution < 1.29 is 17.9 Å². The number of sulfonamides is 1. The topological polar surface area (TPSA) is 68.6 Å². The van der Waals surface area contributed by atoms with Gasteiger partial charge in [0.1, 0.15) is 10.6 Å². The summed E-state index contributed by atoms with van der Waals surface area (Å²) in [6.07, 6.45) is 1.74. The molecule has 7 heteroatoms. The number of piperidine rings is 1. The van der Waals surface area contributed by atoms with E-state index in [1.54, 1.807) is 25.5 Å². The molecular formula is C15H24N2O4S. The number of hydrogen-bond donors (Lipinski definition) is 0. The third kappa shape index (κ3) is 3.05. The first-order chi connectivity index (χ1) is 10.3. The van der Waals surface area contributed by atoms with E-state index in [9.17, 15) is 13.2 Å². The molecule has 2 rings (SSSR count). The molecule has 1 aromatic rings. The van der Waals surface area contributed by atoms with Crippen molar-refractivity contribution in [2.24, 2.45) is 13.0 Å². The Hall–Kier alpha value is -1.34. The number of carbonyl (C=O) groups excluding carboxylic acids is 1. The van der Waals surface area contributed by atoms with Crippen LogP contribution in [-0.4, -0.2) is 43.0 Å². The lowest BCUT2D eigenvalue weighted by atomic mass is 10.0. The third-order valence-corrected chi connectivity index (χ3v) is 6.35. The third-order valence-electron chi connectivity index (χ3n) is 4.33. The van der Waals surface area contributed by atoms with Gasteiger partial charge in [0.2, 0.25) is 10.0 Å². The van der Waals surface area contributed by atoms with Gasteiger partial charge < -0.3 is 9.30 Å². The van der Waals surface area contributed by atoms with E-state index in [1.807, 2.05) is 0 Å². The van der Waals surface area contributed by atoms with Gasteiger partial charge in [0.15, 0.2) is 0 Å². The Morgan fingerprint density at radius 2 is 1.95 bits per heavy atom. The lowest BCUT2D eigenvalue weighted by Gasteiger charge is -2.29. The Morgan fingerprint density at radius 3 is 2.50 bits per heavy atom. The maximum atomic E-state index is 12.8. The molecule has 0 N–H and O–H groups in total. The second-order valence-electron chi connectivity index (χ2n) is 5.85. The first-order valence-electron chi connectivity index (χ1n) is 7.62. The van der Waals surface area contributed by atoms with Gasteiger partial charge in [-0.3, -0.25) is 0 Å². The van der Waals surface area contributed by atoms with Crippen LogP contribution in [0.2, 0.25) is 0 Å². The highest BCUT2D eigenvalue weighted by atomic mass is 32.2. The van der Waals surface area contributed by atoms with Crippen LogP contribution in [0.1, 0.15) is 42.9 Å². The van der Waals surface area contributed by atoms with Gasteiger partial charge in [0, 0.05) is 25.8 Å². The summed E-state index contributed by atoms with van der Waals surface area (Å²) >= 11 is 0. The summed E-state index contributed by atoms with van der Waals surface area (Å²) in [5.74, 6) is 0.0558. The van der Waals surface area contributed by atoms with E-state index < -0.39 is 16.0 Å². The van der Waals surface area contributed by atoms with Crippen molar-refractivity contribution >= 4 is 16.0 Å². The Labute approximate surface area is 132 Å². The summed E-state index contributed by atoms with van der Waals surface area (Å²) in [7, 11) is -1.88. The molecule has 0 saturated carbocycles. The Morgan fingerprint density at radius 1 is 1.36 bits per heavy atom. The van der Waals surface area contributed by atoms with Crippen LogP contribution in [0.5, 0.6) is 0 Å². The quantitative estimate of drug-likeness (QED) is 0.792. The molecule has 0 radical (unpaired) electrons. The number of hydrogen-bond acceptors (Lipinski definition) is 4. The second-order valence-corrected chi connectivity index (χ2v) is 7.75. The molecule has 6 nitrogen and oxygen atoms in total. The molecule has 2 heterocycles. The van der Waals surface area contributed by atoms with Crippen molar-refractivity contribution in [3.63, 3.8) is 0 Å². The highest BCUT2D eigenvalue weighted by molar-refractivity contribution is 7.89. The maximum Gasteiger partial charge on any atom is 0.354 e. The van der Waals surface area contributed by atoms with Crippen LogP contribution in [0.25, 0.3) is 0 Å². The van der Waals surface area contributed by atoms with E-state index in [2.05, 4.69) is 6.92 Å². The van der Waals surface area contributed by atoms with Gasteiger partial charge in [0.25, 0.3) is 0 Å². The summed E-state index contributed by atoms with van der Waals surface area (Å²) in [4.78, 5) is 12.1. The Kier molecular flexibility index (Phi) is 4.97. The van der Waals surface area contributed by atoms with Crippen LogP contribution in [0.4, 0.5) is 0 Å². The number of nitrogens with zero attached hydrogens (tertiary/aromatic N) is 2.